The molecule has 1 amide bonds. The van der Waals surface area contributed by atoms with Crippen molar-refractivity contribution in [2.45, 2.75) is 25.2 Å². The van der Waals surface area contributed by atoms with E-state index < -0.39 is 12.5 Å². The van der Waals surface area contributed by atoms with Crippen molar-refractivity contribution in [2.75, 3.05) is 12.1 Å². The molecule has 0 radical (unpaired) electrons. The number of amides is 1. The zero-order valence-corrected chi connectivity index (χ0v) is 17.1. The van der Waals surface area contributed by atoms with E-state index in [4.69, 9.17) is 9.47 Å². The van der Waals surface area contributed by atoms with E-state index in [1.807, 2.05) is 49.4 Å². The Morgan fingerprint density at radius 2 is 1.81 bits per heavy atom. The molecular formula is C24H22BNO5. The van der Waals surface area contributed by atoms with Crippen molar-refractivity contribution in [1.82, 2.24) is 0 Å². The van der Waals surface area contributed by atoms with Crippen LogP contribution in [0.15, 0.2) is 60.7 Å². The van der Waals surface area contributed by atoms with Gasteiger partial charge in [-0.25, -0.2) is 0 Å². The molecule has 7 heteroatoms. The smallest absolute Gasteiger partial charge is 0.454 e. The summed E-state index contributed by atoms with van der Waals surface area (Å²) in [5, 5.41) is 22.0. The predicted molar refractivity (Wildman–Crippen MR) is 119 cm³/mol. The normalized spacial score (nSPS) is 15.5. The first-order chi connectivity index (χ1) is 15.0. The molecule has 6 nitrogen and oxygen atoms in total. The van der Waals surface area contributed by atoms with Gasteiger partial charge in [-0.2, -0.15) is 0 Å². The second kappa shape index (κ2) is 7.44. The van der Waals surface area contributed by atoms with Crippen LogP contribution in [-0.4, -0.2) is 29.9 Å². The topological polar surface area (TPSA) is 88.0 Å². The van der Waals surface area contributed by atoms with Crippen LogP contribution in [0, 0.1) is 6.92 Å². The summed E-state index contributed by atoms with van der Waals surface area (Å²) < 4.78 is 10.9. The zero-order valence-electron chi connectivity index (χ0n) is 17.1. The average Bonchev–Trinajstić information content (AvgIpc) is 3.46. The van der Waals surface area contributed by atoms with Gasteiger partial charge in [-0.15, -0.1) is 0 Å². The van der Waals surface area contributed by atoms with Gasteiger partial charge in [-0.05, 0) is 71.7 Å². The Morgan fingerprint density at radius 3 is 2.58 bits per heavy atom. The van der Waals surface area contributed by atoms with Crippen LogP contribution in [0.2, 0.25) is 0 Å². The molecule has 156 valence electrons. The number of hydrogen-bond donors (Lipinski definition) is 3. The third-order valence-electron chi connectivity index (χ3n) is 6.10. The maximum atomic E-state index is 13.2. The van der Waals surface area contributed by atoms with Crippen LogP contribution < -0.4 is 20.3 Å². The molecule has 3 aromatic carbocycles. The Bertz CT molecular complexity index is 1170. The van der Waals surface area contributed by atoms with Crippen molar-refractivity contribution >= 4 is 24.2 Å². The third kappa shape index (κ3) is 3.56. The van der Waals surface area contributed by atoms with Crippen LogP contribution in [0.1, 0.15) is 24.0 Å². The number of benzene rings is 3. The summed E-state index contributed by atoms with van der Waals surface area (Å²) in [7, 11) is -1.53. The minimum absolute atomic E-state index is 0.0410. The van der Waals surface area contributed by atoms with Crippen molar-refractivity contribution in [3.8, 4) is 22.6 Å². The summed E-state index contributed by atoms with van der Waals surface area (Å²) in [5.41, 5.74) is 4.32. The summed E-state index contributed by atoms with van der Waals surface area (Å²) in [6, 6.07) is 18.6. The van der Waals surface area contributed by atoms with Gasteiger partial charge in [-0.1, -0.05) is 36.4 Å². The molecule has 0 bridgehead atoms. The van der Waals surface area contributed by atoms with E-state index in [2.05, 4.69) is 5.32 Å². The first-order valence-electron chi connectivity index (χ1n) is 10.2. The number of ether oxygens (including phenoxy) is 2. The van der Waals surface area contributed by atoms with Gasteiger partial charge in [-0.3, -0.25) is 4.79 Å². The van der Waals surface area contributed by atoms with Gasteiger partial charge in [0, 0.05) is 5.69 Å². The van der Waals surface area contributed by atoms with Crippen LogP contribution in [0.4, 0.5) is 5.69 Å². The van der Waals surface area contributed by atoms with E-state index in [0.717, 1.165) is 35.1 Å². The lowest BCUT2D eigenvalue weighted by atomic mass is 9.79. The number of rotatable bonds is 5. The molecule has 2 aliphatic rings. The molecule has 3 aromatic rings. The number of hydrogen-bond acceptors (Lipinski definition) is 5. The lowest BCUT2D eigenvalue weighted by Crippen LogP contribution is -2.29. The number of aryl methyl sites for hydroxylation is 1. The van der Waals surface area contributed by atoms with Gasteiger partial charge in [0.25, 0.3) is 0 Å². The molecule has 1 aliphatic carbocycles. The molecule has 1 saturated carbocycles. The zero-order chi connectivity index (χ0) is 21.6. The average molecular weight is 415 g/mol. The Labute approximate surface area is 180 Å². The number of nitrogens with one attached hydrogen (secondary N) is 1. The van der Waals surface area contributed by atoms with Gasteiger partial charge >= 0.3 is 7.12 Å². The Hall–Kier alpha value is -3.29. The van der Waals surface area contributed by atoms with Crippen LogP contribution in [0.25, 0.3) is 11.1 Å². The van der Waals surface area contributed by atoms with Crippen LogP contribution in [-0.2, 0) is 10.2 Å². The van der Waals surface area contributed by atoms with E-state index in [1.165, 1.54) is 0 Å². The Morgan fingerprint density at radius 1 is 1.00 bits per heavy atom. The second-order valence-corrected chi connectivity index (χ2v) is 8.13. The van der Waals surface area contributed by atoms with E-state index in [9.17, 15) is 14.8 Å². The quantitative estimate of drug-likeness (QED) is 0.558. The van der Waals surface area contributed by atoms with E-state index in [1.54, 1.807) is 18.2 Å². The summed E-state index contributed by atoms with van der Waals surface area (Å²) in [6.07, 6.45) is 1.57. The van der Waals surface area contributed by atoms with Gasteiger partial charge in [0.05, 0.1) is 5.41 Å². The highest BCUT2D eigenvalue weighted by Gasteiger charge is 2.51. The van der Waals surface area contributed by atoms with E-state index in [-0.39, 0.29) is 12.7 Å². The summed E-state index contributed by atoms with van der Waals surface area (Å²) in [6.45, 7) is 2.19. The fourth-order valence-electron chi connectivity index (χ4n) is 4.09. The number of fused-ring (bicyclic) bond motifs is 1. The molecule has 0 atom stereocenters. The SMILES string of the molecule is Cc1ccc(NC(=O)C2(c3ccc4c(c3)OCO4)CC2)cc1-c1cccc(B(O)O)c1. The molecule has 31 heavy (non-hydrogen) atoms. The highest BCUT2D eigenvalue weighted by atomic mass is 16.7. The van der Waals surface area contributed by atoms with Crippen molar-refractivity contribution in [3.63, 3.8) is 0 Å². The van der Waals surface area contributed by atoms with Crippen LogP contribution >= 0.6 is 0 Å². The fourth-order valence-corrected chi connectivity index (χ4v) is 4.09. The Kier molecular flexibility index (Phi) is 4.72. The standard InChI is InChI=1S/C24H22BNO5/c1-15-5-7-19(13-20(15)16-3-2-4-18(11-16)25(28)29)26-23(27)24(9-10-24)17-6-8-21-22(12-17)31-14-30-21/h2-8,11-13,28-29H,9-10,14H2,1H3,(H,26,27). The van der Waals surface area contributed by atoms with Crippen LogP contribution in [0.3, 0.4) is 0 Å². The Balaban J connectivity index is 1.41. The number of anilines is 1. The highest BCUT2D eigenvalue weighted by molar-refractivity contribution is 6.58. The molecule has 1 fully saturated rings. The maximum Gasteiger partial charge on any atom is 0.488 e. The molecular weight excluding hydrogens is 393 g/mol. The van der Waals surface area contributed by atoms with Crippen molar-refractivity contribution in [3.05, 3.63) is 71.8 Å². The van der Waals surface area contributed by atoms with Crippen molar-refractivity contribution in [1.29, 1.82) is 0 Å². The first kappa shape index (κ1) is 19.7. The van der Waals surface area contributed by atoms with Crippen molar-refractivity contribution in [2.24, 2.45) is 0 Å². The number of carbonyl (C=O) groups is 1. The van der Waals surface area contributed by atoms with Gasteiger partial charge in [0.2, 0.25) is 12.7 Å². The molecule has 3 N–H and O–H groups in total. The molecule has 0 saturated heterocycles. The predicted octanol–water partition coefficient (Wildman–Crippen LogP) is 2.74. The van der Waals surface area contributed by atoms with Gasteiger partial charge in [0.15, 0.2) is 11.5 Å². The molecule has 1 aliphatic heterocycles. The molecule has 0 aromatic heterocycles. The lowest BCUT2D eigenvalue weighted by molar-refractivity contribution is -0.118. The lowest BCUT2D eigenvalue weighted by Gasteiger charge is -2.17. The van der Waals surface area contributed by atoms with Gasteiger partial charge in [0.1, 0.15) is 0 Å². The maximum absolute atomic E-state index is 13.2. The third-order valence-corrected chi connectivity index (χ3v) is 6.10. The molecule has 0 unspecified atom stereocenters. The largest absolute Gasteiger partial charge is 0.488 e. The summed E-state index contributed by atoms with van der Waals surface area (Å²) in [5.74, 6) is 1.35. The van der Waals surface area contributed by atoms with Crippen LogP contribution in [0.5, 0.6) is 11.5 Å². The summed E-state index contributed by atoms with van der Waals surface area (Å²) >= 11 is 0. The molecule has 5 rings (SSSR count). The highest BCUT2D eigenvalue weighted by Crippen LogP contribution is 2.51. The van der Waals surface area contributed by atoms with Crippen molar-refractivity contribution < 1.29 is 24.3 Å². The molecule has 0 spiro atoms. The minimum atomic E-state index is -1.53. The summed E-state index contributed by atoms with van der Waals surface area (Å²) in [4.78, 5) is 13.2. The first-order valence-corrected chi connectivity index (χ1v) is 10.2. The second-order valence-electron chi connectivity index (χ2n) is 8.13. The fraction of sp³-hybridized carbons (Fsp3) is 0.208. The number of carbonyl (C=O) groups excluding carboxylic acids is 1. The van der Waals surface area contributed by atoms with E-state index >= 15 is 0 Å². The monoisotopic (exact) mass is 415 g/mol. The minimum Gasteiger partial charge on any atom is -0.454 e. The van der Waals surface area contributed by atoms with Gasteiger partial charge < -0.3 is 24.8 Å². The molecule has 1 heterocycles. The van der Waals surface area contributed by atoms with E-state index in [0.29, 0.717) is 22.6 Å².